The quantitative estimate of drug-likeness (QED) is 0.941. The summed E-state index contributed by atoms with van der Waals surface area (Å²) >= 11 is 6.04. The Hall–Kier alpha value is -2.20. The van der Waals surface area contributed by atoms with Crippen molar-refractivity contribution in [1.29, 1.82) is 0 Å². The van der Waals surface area contributed by atoms with Crippen molar-refractivity contribution in [1.82, 2.24) is 5.43 Å². The maximum atomic E-state index is 6.04. The van der Waals surface area contributed by atoms with Gasteiger partial charge in [-0.1, -0.05) is 35.9 Å². The number of amidine groups is 1. The highest BCUT2D eigenvalue weighted by Gasteiger charge is 2.21. The zero-order valence-electron chi connectivity index (χ0n) is 11.7. The van der Waals surface area contributed by atoms with Crippen LogP contribution in [0.3, 0.4) is 0 Å². The Morgan fingerprint density at radius 2 is 2.10 bits per heavy atom. The fourth-order valence-electron chi connectivity index (χ4n) is 2.39. The number of para-hydroxylation sites is 2. The number of nitrogens with one attached hydrogen (secondary N) is 1. The average molecular weight is 302 g/mol. The summed E-state index contributed by atoms with van der Waals surface area (Å²) in [6.45, 7) is 0.635. The van der Waals surface area contributed by atoms with Crippen molar-refractivity contribution >= 4 is 23.1 Å². The highest BCUT2D eigenvalue weighted by atomic mass is 35.5. The Balaban J connectivity index is 1.85. The van der Waals surface area contributed by atoms with E-state index >= 15 is 0 Å². The Morgan fingerprint density at radius 3 is 2.90 bits per heavy atom. The lowest BCUT2D eigenvalue weighted by atomic mass is 10.1. The van der Waals surface area contributed by atoms with Crippen LogP contribution in [0.5, 0.6) is 5.75 Å². The molecule has 0 fully saturated rings. The summed E-state index contributed by atoms with van der Waals surface area (Å²) in [6.07, 6.45) is 0.714. The standard InChI is InChI=1S/C16H16ClN3O/c1-21-15-8-3-2-7-14(15)20-11-18-19-16(20)10-12-5-4-6-13(17)9-12/h2-9,18H,10-11H2,1H3. The van der Waals surface area contributed by atoms with E-state index in [0.717, 1.165) is 27.9 Å². The Labute approximate surface area is 129 Å². The summed E-state index contributed by atoms with van der Waals surface area (Å²) < 4.78 is 5.43. The fraction of sp³-hybridized carbons (Fsp3) is 0.188. The van der Waals surface area contributed by atoms with Gasteiger partial charge in [-0.3, -0.25) is 5.43 Å². The van der Waals surface area contributed by atoms with Crippen LogP contribution in [-0.4, -0.2) is 19.6 Å². The summed E-state index contributed by atoms with van der Waals surface area (Å²) in [6, 6.07) is 15.8. The van der Waals surface area contributed by atoms with Crippen LogP contribution in [0.1, 0.15) is 5.56 Å². The van der Waals surface area contributed by atoms with E-state index in [4.69, 9.17) is 16.3 Å². The number of hydrazone groups is 1. The molecular weight excluding hydrogens is 286 g/mol. The molecule has 0 bridgehead atoms. The van der Waals surface area contributed by atoms with Gasteiger partial charge in [-0.2, -0.15) is 5.10 Å². The molecule has 1 aliphatic heterocycles. The van der Waals surface area contributed by atoms with Gasteiger partial charge in [-0.25, -0.2) is 0 Å². The molecule has 0 unspecified atom stereocenters. The third-order valence-electron chi connectivity index (χ3n) is 3.38. The third-order valence-corrected chi connectivity index (χ3v) is 3.61. The Morgan fingerprint density at radius 1 is 1.24 bits per heavy atom. The molecule has 3 rings (SSSR count). The molecule has 0 radical (unpaired) electrons. The molecule has 0 saturated heterocycles. The highest BCUT2D eigenvalue weighted by Crippen LogP contribution is 2.29. The lowest BCUT2D eigenvalue weighted by Gasteiger charge is -2.21. The maximum Gasteiger partial charge on any atom is 0.142 e. The van der Waals surface area contributed by atoms with Crippen LogP contribution in [0.25, 0.3) is 0 Å². The molecular formula is C16H16ClN3O. The van der Waals surface area contributed by atoms with Gasteiger partial charge in [0.15, 0.2) is 0 Å². The molecule has 0 saturated carbocycles. The molecule has 2 aromatic rings. The predicted octanol–water partition coefficient (Wildman–Crippen LogP) is 3.27. The topological polar surface area (TPSA) is 36.9 Å². The lowest BCUT2D eigenvalue weighted by molar-refractivity contribution is 0.415. The molecule has 1 aliphatic rings. The zero-order chi connectivity index (χ0) is 14.7. The van der Waals surface area contributed by atoms with Crippen molar-refractivity contribution < 1.29 is 4.74 Å². The second kappa shape index (κ2) is 6.06. The molecule has 0 spiro atoms. The van der Waals surface area contributed by atoms with Gasteiger partial charge in [0.1, 0.15) is 18.3 Å². The van der Waals surface area contributed by atoms with Crippen LogP contribution >= 0.6 is 11.6 Å². The summed E-state index contributed by atoms with van der Waals surface area (Å²) in [5, 5.41) is 5.13. The summed E-state index contributed by atoms with van der Waals surface area (Å²) in [7, 11) is 1.68. The van der Waals surface area contributed by atoms with Crippen molar-refractivity contribution in [3.63, 3.8) is 0 Å². The van der Waals surface area contributed by atoms with Gasteiger partial charge in [0, 0.05) is 11.4 Å². The van der Waals surface area contributed by atoms with Gasteiger partial charge in [0.05, 0.1) is 12.8 Å². The maximum absolute atomic E-state index is 6.04. The lowest BCUT2D eigenvalue weighted by Crippen LogP contribution is -2.30. The van der Waals surface area contributed by atoms with E-state index in [-0.39, 0.29) is 0 Å². The van der Waals surface area contributed by atoms with Crippen molar-refractivity contribution in [2.75, 3.05) is 18.7 Å². The van der Waals surface area contributed by atoms with Gasteiger partial charge in [0.2, 0.25) is 0 Å². The SMILES string of the molecule is COc1ccccc1N1CNN=C1Cc1cccc(Cl)c1. The molecule has 0 aromatic heterocycles. The van der Waals surface area contributed by atoms with Crippen molar-refractivity contribution in [3.05, 3.63) is 59.1 Å². The summed E-state index contributed by atoms with van der Waals surface area (Å²) in [5.41, 5.74) is 5.17. The number of methoxy groups -OCH3 is 1. The number of hydrogen-bond acceptors (Lipinski definition) is 4. The predicted molar refractivity (Wildman–Crippen MR) is 86.1 cm³/mol. The van der Waals surface area contributed by atoms with Crippen molar-refractivity contribution in [2.45, 2.75) is 6.42 Å². The monoisotopic (exact) mass is 301 g/mol. The van der Waals surface area contributed by atoms with Crippen molar-refractivity contribution in [3.8, 4) is 5.75 Å². The van der Waals surface area contributed by atoms with Crippen LogP contribution in [0.2, 0.25) is 5.02 Å². The van der Waals surface area contributed by atoms with Crippen molar-refractivity contribution in [2.24, 2.45) is 5.10 Å². The van der Waals surface area contributed by atoms with E-state index in [2.05, 4.69) is 15.4 Å². The number of nitrogens with zero attached hydrogens (tertiary/aromatic N) is 2. The summed E-state index contributed by atoms with van der Waals surface area (Å²) in [5.74, 6) is 1.78. The second-order valence-corrected chi connectivity index (χ2v) is 5.19. The molecule has 21 heavy (non-hydrogen) atoms. The van der Waals surface area contributed by atoms with Crippen LogP contribution in [0.15, 0.2) is 53.6 Å². The minimum atomic E-state index is 0.635. The molecule has 5 heteroatoms. The van der Waals surface area contributed by atoms with Gasteiger partial charge in [0.25, 0.3) is 0 Å². The van der Waals surface area contributed by atoms with Crippen LogP contribution < -0.4 is 15.1 Å². The normalized spacial score (nSPS) is 13.8. The van der Waals surface area contributed by atoms with E-state index in [1.807, 2.05) is 48.5 Å². The largest absolute Gasteiger partial charge is 0.495 e. The number of ether oxygens (including phenoxy) is 1. The molecule has 108 valence electrons. The molecule has 0 amide bonds. The van der Waals surface area contributed by atoms with Crippen LogP contribution in [0, 0.1) is 0 Å². The van der Waals surface area contributed by atoms with Gasteiger partial charge < -0.3 is 9.64 Å². The number of benzene rings is 2. The third kappa shape index (κ3) is 2.95. The first-order valence-corrected chi connectivity index (χ1v) is 7.10. The highest BCUT2D eigenvalue weighted by molar-refractivity contribution is 6.30. The minimum Gasteiger partial charge on any atom is -0.495 e. The van der Waals surface area contributed by atoms with Crippen LogP contribution in [0.4, 0.5) is 5.69 Å². The molecule has 4 nitrogen and oxygen atoms in total. The zero-order valence-corrected chi connectivity index (χ0v) is 12.5. The van der Waals surface area contributed by atoms with Gasteiger partial charge in [-0.05, 0) is 29.8 Å². The Bertz CT molecular complexity index is 672. The fourth-order valence-corrected chi connectivity index (χ4v) is 2.60. The molecule has 2 aromatic carbocycles. The molecule has 0 atom stereocenters. The smallest absolute Gasteiger partial charge is 0.142 e. The van der Waals surface area contributed by atoms with Crippen LogP contribution in [-0.2, 0) is 6.42 Å². The molecule has 1 N–H and O–H groups in total. The van der Waals surface area contributed by atoms with E-state index in [0.29, 0.717) is 13.1 Å². The van der Waals surface area contributed by atoms with Gasteiger partial charge >= 0.3 is 0 Å². The number of anilines is 1. The van der Waals surface area contributed by atoms with E-state index in [1.165, 1.54) is 0 Å². The number of hydrogen-bond donors (Lipinski definition) is 1. The molecule has 0 aliphatic carbocycles. The van der Waals surface area contributed by atoms with E-state index < -0.39 is 0 Å². The second-order valence-electron chi connectivity index (χ2n) is 4.75. The van der Waals surface area contributed by atoms with E-state index in [1.54, 1.807) is 7.11 Å². The van der Waals surface area contributed by atoms with E-state index in [9.17, 15) is 0 Å². The minimum absolute atomic E-state index is 0.635. The summed E-state index contributed by atoms with van der Waals surface area (Å²) in [4.78, 5) is 2.11. The first-order valence-electron chi connectivity index (χ1n) is 6.72. The average Bonchev–Trinajstić information content (AvgIpc) is 2.95. The number of rotatable bonds is 4. The molecule has 1 heterocycles. The number of halogens is 1. The first kappa shape index (κ1) is 13.8. The first-order chi connectivity index (χ1) is 10.3. The van der Waals surface area contributed by atoms with Gasteiger partial charge in [-0.15, -0.1) is 0 Å². The Kier molecular flexibility index (Phi) is 3.97.